The Hall–Kier alpha value is -3.67. The lowest BCUT2D eigenvalue weighted by Crippen LogP contribution is -2.21. The Morgan fingerprint density at radius 3 is 2.12 bits per heavy atom. The molecule has 4 rings (SSSR count). The van der Waals surface area contributed by atoms with Gasteiger partial charge in [0.15, 0.2) is 0 Å². The Morgan fingerprint density at radius 1 is 0.800 bits per heavy atom. The van der Waals surface area contributed by atoms with Gasteiger partial charge < -0.3 is 0 Å². The standard InChI is InChI=1S/C19H14N4O2/c24-17-11-15(13-7-3-1-4-8-13)20-19(21-17)23-18(25)12-16(22-23)14-9-5-2-6-10-14/h1-12,22H,(H,20,21,24). The number of nitrogens with zero attached hydrogens (tertiary/aromatic N) is 2. The Morgan fingerprint density at radius 2 is 1.44 bits per heavy atom. The van der Waals surface area contributed by atoms with Crippen LogP contribution in [0, 0.1) is 0 Å². The van der Waals surface area contributed by atoms with Crippen molar-refractivity contribution in [3.63, 3.8) is 0 Å². The molecule has 122 valence electrons. The summed E-state index contributed by atoms with van der Waals surface area (Å²) in [7, 11) is 0. The predicted octanol–water partition coefficient (Wildman–Crippen LogP) is 2.58. The second-order valence-corrected chi connectivity index (χ2v) is 5.53. The normalized spacial score (nSPS) is 10.7. The van der Waals surface area contributed by atoms with E-state index < -0.39 is 0 Å². The molecule has 4 aromatic rings. The van der Waals surface area contributed by atoms with Gasteiger partial charge in [-0.25, -0.2) is 4.98 Å². The number of aromatic nitrogens is 4. The van der Waals surface area contributed by atoms with Crippen LogP contribution in [-0.2, 0) is 0 Å². The van der Waals surface area contributed by atoms with Gasteiger partial charge in [-0.15, -0.1) is 0 Å². The van der Waals surface area contributed by atoms with Gasteiger partial charge in [-0.2, -0.15) is 4.68 Å². The first-order chi connectivity index (χ1) is 12.2. The largest absolute Gasteiger partial charge is 0.291 e. The summed E-state index contributed by atoms with van der Waals surface area (Å²) < 4.78 is 1.23. The van der Waals surface area contributed by atoms with Crippen molar-refractivity contribution >= 4 is 0 Å². The fraction of sp³-hybridized carbons (Fsp3) is 0. The van der Waals surface area contributed by atoms with Crippen molar-refractivity contribution in [2.45, 2.75) is 0 Å². The van der Waals surface area contributed by atoms with E-state index in [2.05, 4.69) is 15.1 Å². The third-order valence-electron chi connectivity index (χ3n) is 3.82. The van der Waals surface area contributed by atoms with Crippen LogP contribution in [-0.4, -0.2) is 19.7 Å². The molecule has 6 nitrogen and oxygen atoms in total. The van der Waals surface area contributed by atoms with Crippen molar-refractivity contribution in [2.24, 2.45) is 0 Å². The second kappa shape index (κ2) is 6.09. The molecule has 0 bridgehead atoms. The number of benzene rings is 2. The molecule has 25 heavy (non-hydrogen) atoms. The molecule has 0 fully saturated rings. The van der Waals surface area contributed by atoms with Crippen LogP contribution < -0.4 is 11.1 Å². The maximum atomic E-state index is 12.3. The summed E-state index contributed by atoms with van der Waals surface area (Å²) >= 11 is 0. The molecule has 0 radical (unpaired) electrons. The molecule has 2 aromatic heterocycles. The minimum absolute atomic E-state index is 0.151. The molecule has 0 aliphatic carbocycles. The Labute approximate surface area is 142 Å². The maximum Gasteiger partial charge on any atom is 0.274 e. The lowest BCUT2D eigenvalue weighted by Gasteiger charge is -2.05. The molecule has 0 saturated heterocycles. The summed E-state index contributed by atoms with van der Waals surface area (Å²) in [6.45, 7) is 0. The molecule has 2 aromatic carbocycles. The van der Waals surface area contributed by atoms with Crippen molar-refractivity contribution in [1.82, 2.24) is 19.7 Å². The molecule has 0 amide bonds. The highest BCUT2D eigenvalue weighted by Crippen LogP contribution is 2.17. The number of nitrogens with one attached hydrogen (secondary N) is 2. The molecule has 0 saturated carbocycles. The zero-order chi connectivity index (χ0) is 17.2. The fourth-order valence-corrected chi connectivity index (χ4v) is 2.63. The van der Waals surface area contributed by atoms with Gasteiger partial charge in [-0.3, -0.25) is 19.7 Å². The molecular weight excluding hydrogens is 316 g/mol. The number of hydrogen-bond donors (Lipinski definition) is 2. The van der Waals surface area contributed by atoms with Gasteiger partial charge in [0, 0.05) is 17.7 Å². The molecule has 0 unspecified atom stereocenters. The van der Waals surface area contributed by atoms with Crippen LogP contribution in [0.15, 0.2) is 82.4 Å². The lowest BCUT2D eigenvalue weighted by molar-refractivity contribution is 0.781. The van der Waals surface area contributed by atoms with E-state index in [1.54, 1.807) is 0 Å². The van der Waals surface area contributed by atoms with Crippen LogP contribution in [0.25, 0.3) is 28.5 Å². The number of rotatable bonds is 3. The first-order valence-corrected chi connectivity index (χ1v) is 7.75. The number of aromatic amines is 2. The second-order valence-electron chi connectivity index (χ2n) is 5.53. The highest BCUT2D eigenvalue weighted by molar-refractivity contribution is 5.60. The van der Waals surface area contributed by atoms with E-state index in [1.165, 1.54) is 16.8 Å². The lowest BCUT2D eigenvalue weighted by atomic mass is 10.1. The third kappa shape index (κ3) is 2.92. The average molecular weight is 330 g/mol. The average Bonchev–Trinajstić information content (AvgIpc) is 3.04. The minimum Gasteiger partial charge on any atom is -0.291 e. The van der Waals surface area contributed by atoms with Gasteiger partial charge in [0.2, 0.25) is 5.95 Å². The zero-order valence-electron chi connectivity index (χ0n) is 13.1. The number of H-pyrrole nitrogens is 2. The Kier molecular flexibility index (Phi) is 3.63. The van der Waals surface area contributed by atoms with Crippen molar-refractivity contribution < 1.29 is 0 Å². The molecule has 6 heteroatoms. The van der Waals surface area contributed by atoms with E-state index in [0.717, 1.165) is 11.1 Å². The fourth-order valence-electron chi connectivity index (χ4n) is 2.63. The summed E-state index contributed by atoms with van der Waals surface area (Å²) in [6.07, 6.45) is 0. The summed E-state index contributed by atoms with van der Waals surface area (Å²) in [4.78, 5) is 31.4. The predicted molar refractivity (Wildman–Crippen MR) is 95.7 cm³/mol. The van der Waals surface area contributed by atoms with Gasteiger partial charge in [0.1, 0.15) is 0 Å². The van der Waals surface area contributed by atoms with Gasteiger partial charge in [-0.05, 0) is 5.56 Å². The zero-order valence-corrected chi connectivity index (χ0v) is 13.1. The Balaban J connectivity index is 1.83. The summed E-state index contributed by atoms with van der Waals surface area (Å²) in [5, 5.41) is 2.99. The summed E-state index contributed by atoms with van der Waals surface area (Å²) in [5.74, 6) is 0.151. The highest BCUT2D eigenvalue weighted by Gasteiger charge is 2.11. The van der Waals surface area contributed by atoms with Crippen LogP contribution in [0.3, 0.4) is 0 Å². The first kappa shape index (κ1) is 14.9. The molecule has 0 atom stereocenters. The van der Waals surface area contributed by atoms with Gasteiger partial charge in [-0.1, -0.05) is 60.7 Å². The van der Waals surface area contributed by atoms with Crippen LogP contribution >= 0.6 is 0 Å². The van der Waals surface area contributed by atoms with Crippen LogP contribution in [0.4, 0.5) is 0 Å². The van der Waals surface area contributed by atoms with E-state index in [4.69, 9.17) is 0 Å². The molecule has 0 aliphatic heterocycles. The number of hydrogen-bond acceptors (Lipinski definition) is 3. The van der Waals surface area contributed by atoms with Crippen LogP contribution in [0.1, 0.15) is 0 Å². The maximum absolute atomic E-state index is 12.3. The molecule has 2 heterocycles. The van der Waals surface area contributed by atoms with E-state index in [0.29, 0.717) is 11.4 Å². The Bertz CT molecular complexity index is 1130. The monoisotopic (exact) mass is 330 g/mol. The van der Waals surface area contributed by atoms with Crippen molar-refractivity contribution in [3.05, 3.63) is 93.5 Å². The van der Waals surface area contributed by atoms with Crippen LogP contribution in [0.2, 0.25) is 0 Å². The topological polar surface area (TPSA) is 83.5 Å². The van der Waals surface area contributed by atoms with Crippen molar-refractivity contribution in [1.29, 1.82) is 0 Å². The van der Waals surface area contributed by atoms with E-state index in [9.17, 15) is 9.59 Å². The summed E-state index contributed by atoms with van der Waals surface area (Å²) in [5.41, 5.74) is 2.21. The third-order valence-corrected chi connectivity index (χ3v) is 3.82. The SMILES string of the molecule is O=c1cc(-c2ccccc2)nc(-n2[nH]c(-c3ccccc3)cc2=O)[nH]1. The van der Waals surface area contributed by atoms with E-state index >= 15 is 0 Å². The van der Waals surface area contributed by atoms with Gasteiger partial charge in [0.05, 0.1) is 11.4 Å². The van der Waals surface area contributed by atoms with E-state index in [-0.39, 0.29) is 17.1 Å². The smallest absolute Gasteiger partial charge is 0.274 e. The molecule has 0 aliphatic rings. The van der Waals surface area contributed by atoms with Gasteiger partial charge in [0.25, 0.3) is 11.1 Å². The quantitative estimate of drug-likeness (QED) is 0.605. The van der Waals surface area contributed by atoms with Crippen molar-refractivity contribution in [3.8, 4) is 28.5 Å². The highest BCUT2D eigenvalue weighted by atomic mass is 16.1. The first-order valence-electron chi connectivity index (χ1n) is 7.75. The molecule has 2 N–H and O–H groups in total. The minimum atomic E-state index is -0.327. The van der Waals surface area contributed by atoms with E-state index in [1.807, 2.05) is 60.7 Å². The summed E-state index contributed by atoms with van der Waals surface area (Å²) in [6, 6.07) is 21.7. The molecule has 0 spiro atoms. The van der Waals surface area contributed by atoms with Crippen LogP contribution in [0.5, 0.6) is 0 Å². The van der Waals surface area contributed by atoms with Crippen molar-refractivity contribution in [2.75, 3.05) is 0 Å². The van der Waals surface area contributed by atoms with Gasteiger partial charge >= 0.3 is 0 Å². The molecular formula is C19H14N4O2.